The lowest BCUT2D eigenvalue weighted by Crippen LogP contribution is -2.28. The average molecular weight is 355 g/mol. The van der Waals surface area contributed by atoms with Crippen molar-refractivity contribution in [2.45, 2.75) is 43.9 Å². The summed E-state index contributed by atoms with van der Waals surface area (Å²) in [4.78, 5) is 13.9. The lowest BCUT2D eigenvalue weighted by atomic mass is 9.97. The second kappa shape index (κ2) is 5.56. The van der Waals surface area contributed by atoms with Crippen LogP contribution in [-0.4, -0.2) is 16.2 Å². The van der Waals surface area contributed by atoms with Gasteiger partial charge in [0.2, 0.25) is 11.8 Å². The summed E-state index contributed by atoms with van der Waals surface area (Å²) < 4.78 is 10.8. The zero-order chi connectivity index (χ0) is 16.9. The fourth-order valence-corrected chi connectivity index (χ4v) is 4.14. The predicted molar refractivity (Wildman–Crippen MR) is 92.5 cm³/mol. The first-order valence-corrected chi connectivity index (χ1v) is 9.44. The van der Waals surface area contributed by atoms with E-state index in [2.05, 4.69) is 15.6 Å². The minimum Gasteiger partial charge on any atom is -0.355 e. The molecule has 2 aliphatic carbocycles. The first kappa shape index (κ1) is 14.9. The maximum absolute atomic E-state index is 12.9. The van der Waals surface area contributed by atoms with Crippen molar-refractivity contribution in [1.29, 1.82) is 0 Å². The van der Waals surface area contributed by atoms with E-state index in [1.807, 2.05) is 23.6 Å². The number of amides is 1. The molecule has 0 aliphatic heterocycles. The third-order valence-corrected chi connectivity index (χ3v) is 6.02. The largest absolute Gasteiger partial charge is 0.355 e. The summed E-state index contributed by atoms with van der Waals surface area (Å²) in [5.74, 6) is 1.14. The summed E-state index contributed by atoms with van der Waals surface area (Å²) in [7, 11) is 0. The number of hydrogen-bond donors (Lipinski definition) is 1. The maximum Gasteiger partial charge on any atom is 0.239 e. The van der Waals surface area contributed by atoms with E-state index in [4.69, 9.17) is 9.05 Å². The minimum absolute atomic E-state index is 0.0805. The van der Waals surface area contributed by atoms with Crippen molar-refractivity contribution in [2.75, 3.05) is 5.32 Å². The minimum atomic E-state index is -0.604. The Kier molecular flexibility index (Phi) is 3.31. The molecule has 0 radical (unpaired) electrons. The Balaban J connectivity index is 1.39. The molecule has 1 N–H and O–H groups in total. The topological polar surface area (TPSA) is 81.2 Å². The first-order valence-electron chi connectivity index (χ1n) is 8.56. The molecule has 1 fully saturated rings. The van der Waals surface area contributed by atoms with Gasteiger partial charge in [-0.3, -0.25) is 10.1 Å². The summed E-state index contributed by atoms with van der Waals surface area (Å²) in [5.41, 5.74) is 2.12. The van der Waals surface area contributed by atoms with Crippen LogP contribution in [0, 0.1) is 0 Å². The molecule has 6 nitrogen and oxygen atoms in total. The van der Waals surface area contributed by atoms with E-state index < -0.39 is 5.41 Å². The number of anilines is 1. The normalized spacial score (nSPS) is 17.9. The molecule has 0 saturated heterocycles. The van der Waals surface area contributed by atoms with Crippen molar-refractivity contribution < 1.29 is 13.8 Å². The van der Waals surface area contributed by atoms with Gasteiger partial charge in [-0.25, -0.2) is 0 Å². The third-order valence-electron chi connectivity index (χ3n) is 5.14. The highest BCUT2D eigenvalue weighted by molar-refractivity contribution is 7.13. The number of hydrogen-bond acceptors (Lipinski definition) is 6. The summed E-state index contributed by atoms with van der Waals surface area (Å²) in [6, 6.07) is 5.83. The molecule has 7 heteroatoms. The molecule has 0 spiro atoms. The standard InChI is InChI=1S/C18H17N3O3S/c22-17(19-16-11-4-1-2-5-12(11)20-24-16)18(7-8-18)15-10-13(23-21-15)14-6-3-9-25-14/h3,6,9-10H,1-2,4-5,7-8H2,(H,19,22). The number of nitrogens with one attached hydrogen (secondary N) is 1. The number of fused-ring (bicyclic) bond motifs is 1. The molecule has 3 aromatic rings. The van der Waals surface area contributed by atoms with Gasteiger partial charge in [0.25, 0.3) is 0 Å². The molecule has 5 rings (SSSR count). The number of rotatable bonds is 4. The van der Waals surface area contributed by atoms with Crippen LogP contribution in [0.25, 0.3) is 10.6 Å². The molecular weight excluding hydrogens is 338 g/mol. The van der Waals surface area contributed by atoms with Crippen molar-refractivity contribution >= 4 is 23.1 Å². The van der Waals surface area contributed by atoms with E-state index >= 15 is 0 Å². The zero-order valence-electron chi connectivity index (χ0n) is 13.6. The molecule has 0 bridgehead atoms. The molecule has 3 aromatic heterocycles. The second-order valence-electron chi connectivity index (χ2n) is 6.73. The fourth-order valence-electron chi connectivity index (χ4n) is 3.47. The van der Waals surface area contributed by atoms with Crippen molar-refractivity contribution in [3.05, 3.63) is 40.5 Å². The van der Waals surface area contributed by atoms with Gasteiger partial charge in [0.15, 0.2) is 5.76 Å². The Labute approximate surface area is 148 Å². The van der Waals surface area contributed by atoms with Gasteiger partial charge in [-0.05, 0) is 50.0 Å². The Bertz CT molecular complexity index is 921. The van der Waals surface area contributed by atoms with E-state index in [0.717, 1.165) is 54.7 Å². The number of carbonyl (C=O) groups excluding carboxylic acids is 1. The predicted octanol–water partition coefficient (Wildman–Crippen LogP) is 3.94. The van der Waals surface area contributed by atoms with Crippen LogP contribution in [-0.2, 0) is 23.1 Å². The van der Waals surface area contributed by atoms with Crippen LogP contribution >= 0.6 is 11.3 Å². The molecule has 0 atom stereocenters. The quantitative estimate of drug-likeness (QED) is 0.766. The first-order chi connectivity index (χ1) is 12.3. The van der Waals surface area contributed by atoms with Gasteiger partial charge in [-0.2, -0.15) is 0 Å². The monoisotopic (exact) mass is 355 g/mol. The molecule has 3 heterocycles. The van der Waals surface area contributed by atoms with Gasteiger partial charge in [0.05, 0.1) is 21.7 Å². The highest BCUT2D eigenvalue weighted by Crippen LogP contribution is 2.49. The SMILES string of the molecule is O=C(Nc1onc2c1CCCC2)C1(c2cc(-c3cccs3)on2)CC1. The van der Waals surface area contributed by atoms with Gasteiger partial charge in [0.1, 0.15) is 0 Å². The Morgan fingerprint density at radius 3 is 2.88 bits per heavy atom. The molecule has 0 aromatic carbocycles. The second-order valence-corrected chi connectivity index (χ2v) is 7.68. The van der Waals surface area contributed by atoms with Gasteiger partial charge >= 0.3 is 0 Å². The van der Waals surface area contributed by atoms with E-state index in [9.17, 15) is 4.79 Å². The summed E-state index contributed by atoms with van der Waals surface area (Å²) in [6.45, 7) is 0. The number of aryl methyl sites for hydroxylation is 1. The van der Waals surface area contributed by atoms with Crippen LogP contribution in [0.1, 0.15) is 42.6 Å². The van der Waals surface area contributed by atoms with Crippen LogP contribution in [0.4, 0.5) is 5.88 Å². The van der Waals surface area contributed by atoms with E-state index in [1.165, 1.54) is 0 Å². The molecule has 2 aliphatic rings. The van der Waals surface area contributed by atoms with Crippen molar-refractivity contribution in [1.82, 2.24) is 10.3 Å². The summed E-state index contributed by atoms with van der Waals surface area (Å²) in [5, 5.41) is 13.2. The number of carbonyl (C=O) groups is 1. The van der Waals surface area contributed by atoms with E-state index in [0.29, 0.717) is 17.3 Å². The number of thiophene rings is 1. The Morgan fingerprint density at radius 2 is 2.08 bits per heavy atom. The van der Waals surface area contributed by atoms with Crippen LogP contribution in [0.2, 0.25) is 0 Å². The maximum atomic E-state index is 12.9. The van der Waals surface area contributed by atoms with Gasteiger partial charge in [-0.1, -0.05) is 16.4 Å². The zero-order valence-corrected chi connectivity index (χ0v) is 14.4. The number of nitrogens with zero attached hydrogens (tertiary/aromatic N) is 2. The van der Waals surface area contributed by atoms with E-state index in [1.54, 1.807) is 11.3 Å². The molecular formula is C18H17N3O3S. The molecule has 0 unspecified atom stereocenters. The summed E-state index contributed by atoms with van der Waals surface area (Å²) >= 11 is 1.59. The van der Waals surface area contributed by atoms with E-state index in [-0.39, 0.29) is 5.91 Å². The van der Waals surface area contributed by atoms with Crippen molar-refractivity contribution in [2.24, 2.45) is 0 Å². The Hall–Kier alpha value is -2.41. The van der Waals surface area contributed by atoms with Crippen LogP contribution in [0.5, 0.6) is 0 Å². The Morgan fingerprint density at radius 1 is 1.20 bits per heavy atom. The van der Waals surface area contributed by atoms with Crippen LogP contribution in [0.3, 0.4) is 0 Å². The van der Waals surface area contributed by atoms with Crippen molar-refractivity contribution in [3.8, 4) is 10.6 Å². The van der Waals surface area contributed by atoms with Gasteiger partial charge < -0.3 is 9.05 Å². The lowest BCUT2D eigenvalue weighted by Gasteiger charge is -2.13. The van der Waals surface area contributed by atoms with Gasteiger partial charge in [0, 0.05) is 11.6 Å². The van der Waals surface area contributed by atoms with Crippen molar-refractivity contribution in [3.63, 3.8) is 0 Å². The molecule has 1 amide bonds. The van der Waals surface area contributed by atoms with Crippen LogP contribution < -0.4 is 5.32 Å². The fraction of sp³-hybridized carbons (Fsp3) is 0.389. The average Bonchev–Trinajstić information content (AvgIpc) is 3.04. The van der Waals surface area contributed by atoms with Crippen LogP contribution in [0.15, 0.2) is 32.6 Å². The molecule has 1 saturated carbocycles. The summed E-state index contributed by atoms with van der Waals surface area (Å²) in [6.07, 6.45) is 5.61. The number of aromatic nitrogens is 2. The molecule has 25 heavy (non-hydrogen) atoms. The lowest BCUT2D eigenvalue weighted by molar-refractivity contribution is -0.118. The highest BCUT2D eigenvalue weighted by Gasteiger charge is 2.54. The molecule has 128 valence electrons. The third kappa shape index (κ3) is 2.41. The highest BCUT2D eigenvalue weighted by atomic mass is 32.1. The smallest absolute Gasteiger partial charge is 0.239 e. The van der Waals surface area contributed by atoms with Gasteiger partial charge in [-0.15, -0.1) is 11.3 Å².